The number of nitrogens with zero attached hydrogens (tertiary/aromatic N) is 1. The maximum atomic E-state index is 11.2. The number of hydrogen-bond donors (Lipinski definition) is 0. The Labute approximate surface area is 113 Å². The Hall–Kier alpha value is -1.77. The van der Waals surface area contributed by atoms with E-state index >= 15 is 0 Å². The second-order valence-electron chi connectivity index (χ2n) is 5.31. The first-order valence-electron chi connectivity index (χ1n) is 6.87. The second kappa shape index (κ2) is 4.72. The van der Waals surface area contributed by atoms with Crippen molar-refractivity contribution in [1.82, 2.24) is 4.57 Å². The third kappa shape index (κ3) is 2.14. The van der Waals surface area contributed by atoms with Gasteiger partial charge in [0.25, 0.3) is 0 Å². The SMILES string of the molecule is COC(=O)CCc1cc2c3c(c1)cc(C)n3CCC2. The molecule has 0 amide bonds. The van der Waals surface area contributed by atoms with Crippen LogP contribution in [0.5, 0.6) is 0 Å². The van der Waals surface area contributed by atoms with Gasteiger partial charge in [0.15, 0.2) is 0 Å². The van der Waals surface area contributed by atoms with Crippen LogP contribution < -0.4 is 0 Å². The molecule has 0 unspecified atom stereocenters. The zero-order chi connectivity index (χ0) is 13.4. The van der Waals surface area contributed by atoms with Crippen LogP contribution in [0.2, 0.25) is 0 Å². The van der Waals surface area contributed by atoms with E-state index in [0.29, 0.717) is 6.42 Å². The summed E-state index contributed by atoms with van der Waals surface area (Å²) in [4.78, 5) is 11.2. The highest BCUT2D eigenvalue weighted by molar-refractivity contribution is 5.86. The first-order valence-corrected chi connectivity index (χ1v) is 6.87. The van der Waals surface area contributed by atoms with Gasteiger partial charge in [-0.15, -0.1) is 0 Å². The van der Waals surface area contributed by atoms with Gasteiger partial charge in [0.05, 0.1) is 12.6 Å². The van der Waals surface area contributed by atoms with Crippen molar-refractivity contribution < 1.29 is 9.53 Å². The molecule has 100 valence electrons. The molecule has 3 rings (SSSR count). The molecule has 1 aromatic carbocycles. The first-order chi connectivity index (χ1) is 9.19. The lowest BCUT2D eigenvalue weighted by Crippen LogP contribution is -2.09. The highest BCUT2D eigenvalue weighted by Gasteiger charge is 2.16. The topological polar surface area (TPSA) is 31.2 Å². The molecule has 1 aliphatic heterocycles. The van der Waals surface area contributed by atoms with Gasteiger partial charge >= 0.3 is 5.97 Å². The van der Waals surface area contributed by atoms with Crippen LogP contribution in [0.3, 0.4) is 0 Å². The van der Waals surface area contributed by atoms with Gasteiger partial charge in [-0.1, -0.05) is 6.07 Å². The molecule has 0 fully saturated rings. The number of aryl methyl sites for hydroxylation is 4. The summed E-state index contributed by atoms with van der Waals surface area (Å²) < 4.78 is 7.12. The number of rotatable bonds is 3. The van der Waals surface area contributed by atoms with E-state index in [0.717, 1.165) is 19.4 Å². The van der Waals surface area contributed by atoms with Gasteiger partial charge in [-0.05, 0) is 49.4 Å². The number of esters is 1. The minimum atomic E-state index is -0.137. The molecule has 0 saturated carbocycles. The summed E-state index contributed by atoms with van der Waals surface area (Å²) in [6.45, 7) is 3.30. The van der Waals surface area contributed by atoms with E-state index in [4.69, 9.17) is 4.74 Å². The van der Waals surface area contributed by atoms with Gasteiger partial charge in [0, 0.05) is 24.0 Å². The molecule has 1 aromatic heterocycles. The van der Waals surface area contributed by atoms with Crippen LogP contribution in [-0.4, -0.2) is 17.6 Å². The van der Waals surface area contributed by atoms with E-state index in [1.54, 1.807) is 0 Å². The third-order valence-corrected chi connectivity index (χ3v) is 4.01. The molecule has 2 aromatic rings. The maximum absolute atomic E-state index is 11.2. The van der Waals surface area contributed by atoms with E-state index in [9.17, 15) is 4.79 Å². The first kappa shape index (κ1) is 12.3. The molecular weight excluding hydrogens is 238 g/mol. The van der Waals surface area contributed by atoms with Crippen LogP contribution in [0, 0.1) is 6.92 Å². The lowest BCUT2D eigenvalue weighted by atomic mass is 9.98. The molecule has 0 bridgehead atoms. The van der Waals surface area contributed by atoms with Crippen LogP contribution in [-0.2, 0) is 28.9 Å². The molecule has 3 nitrogen and oxygen atoms in total. The Morgan fingerprint density at radius 2 is 2.21 bits per heavy atom. The Kier molecular flexibility index (Phi) is 3.05. The molecule has 0 atom stereocenters. The summed E-state index contributed by atoms with van der Waals surface area (Å²) >= 11 is 0. The van der Waals surface area contributed by atoms with E-state index in [1.807, 2.05) is 0 Å². The van der Waals surface area contributed by atoms with Crippen LogP contribution in [0.25, 0.3) is 10.9 Å². The number of ether oxygens (including phenoxy) is 1. The normalized spacial score (nSPS) is 13.8. The lowest BCUT2D eigenvalue weighted by Gasteiger charge is -2.18. The second-order valence-corrected chi connectivity index (χ2v) is 5.31. The highest BCUT2D eigenvalue weighted by Crippen LogP contribution is 2.30. The Morgan fingerprint density at radius 3 is 3.00 bits per heavy atom. The quantitative estimate of drug-likeness (QED) is 0.791. The van der Waals surface area contributed by atoms with Crippen LogP contribution in [0.15, 0.2) is 18.2 Å². The minimum absolute atomic E-state index is 0.137. The van der Waals surface area contributed by atoms with E-state index in [-0.39, 0.29) is 5.97 Å². The van der Waals surface area contributed by atoms with Crippen molar-refractivity contribution in [3.63, 3.8) is 0 Å². The summed E-state index contributed by atoms with van der Waals surface area (Å²) in [7, 11) is 1.44. The fourth-order valence-corrected chi connectivity index (χ4v) is 3.10. The van der Waals surface area contributed by atoms with Crippen molar-refractivity contribution in [2.45, 2.75) is 39.2 Å². The third-order valence-electron chi connectivity index (χ3n) is 4.01. The van der Waals surface area contributed by atoms with Gasteiger partial charge < -0.3 is 9.30 Å². The van der Waals surface area contributed by atoms with Crippen molar-refractivity contribution in [3.8, 4) is 0 Å². The van der Waals surface area contributed by atoms with Crippen LogP contribution >= 0.6 is 0 Å². The number of aromatic nitrogens is 1. The fraction of sp³-hybridized carbons (Fsp3) is 0.438. The number of benzene rings is 1. The molecule has 2 heterocycles. The molecule has 1 aliphatic rings. The Morgan fingerprint density at radius 1 is 1.37 bits per heavy atom. The van der Waals surface area contributed by atoms with E-state index < -0.39 is 0 Å². The largest absolute Gasteiger partial charge is 0.469 e. The minimum Gasteiger partial charge on any atom is -0.469 e. The predicted octanol–water partition coefficient (Wildman–Crippen LogP) is 3.00. The van der Waals surface area contributed by atoms with Crippen LogP contribution in [0.4, 0.5) is 0 Å². The fourth-order valence-electron chi connectivity index (χ4n) is 3.10. The molecule has 0 radical (unpaired) electrons. The van der Waals surface area contributed by atoms with Gasteiger partial charge in [0.1, 0.15) is 0 Å². The number of hydrogen-bond acceptors (Lipinski definition) is 2. The molecular formula is C16H19NO2. The molecule has 19 heavy (non-hydrogen) atoms. The molecule has 0 saturated heterocycles. The van der Waals surface area contributed by atoms with E-state index in [1.165, 1.54) is 41.3 Å². The van der Waals surface area contributed by atoms with Gasteiger partial charge in [-0.2, -0.15) is 0 Å². The average Bonchev–Trinajstić information content (AvgIpc) is 2.74. The average molecular weight is 257 g/mol. The van der Waals surface area contributed by atoms with Crippen molar-refractivity contribution in [2.75, 3.05) is 7.11 Å². The summed E-state index contributed by atoms with van der Waals surface area (Å²) in [5.41, 5.74) is 5.40. The number of carbonyl (C=O) groups is 1. The summed E-state index contributed by atoms with van der Waals surface area (Å²) in [5.74, 6) is -0.137. The number of methoxy groups -OCH3 is 1. The van der Waals surface area contributed by atoms with Gasteiger partial charge in [-0.3, -0.25) is 4.79 Å². The van der Waals surface area contributed by atoms with E-state index in [2.05, 4.69) is 29.7 Å². The zero-order valence-electron chi connectivity index (χ0n) is 11.5. The van der Waals surface area contributed by atoms with Crippen molar-refractivity contribution in [2.24, 2.45) is 0 Å². The summed E-state index contributed by atoms with van der Waals surface area (Å²) in [5, 5.41) is 1.31. The number of carbonyl (C=O) groups excluding carboxylic acids is 1. The van der Waals surface area contributed by atoms with Crippen LogP contribution in [0.1, 0.15) is 29.7 Å². The summed E-state index contributed by atoms with van der Waals surface area (Å²) in [6, 6.07) is 6.74. The maximum Gasteiger partial charge on any atom is 0.305 e. The monoisotopic (exact) mass is 257 g/mol. The van der Waals surface area contributed by atoms with Crippen molar-refractivity contribution in [1.29, 1.82) is 0 Å². The predicted molar refractivity (Wildman–Crippen MR) is 75.3 cm³/mol. The van der Waals surface area contributed by atoms with Crippen molar-refractivity contribution >= 4 is 16.9 Å². The molecule has 3 heteroatoms. The molecule has 0 spiro atoms. The molecule has 0 N–H and O–H groups in total. The Bertz CT molecular complexity index is 640. The highest BCUT2D eigenvalue weighted by atomic mass is 16.5. The van der Waals surface area contributed by atoms with Crippen molar-refractivity contribution in [3.05, 3.63) is 35.0 Å². The Balaban J connectivity index is 1.98. The standard InChI is InChI=1S/C16H19NO2/c1-11-8-14-10-12(5-6-15(18)19-2)9-13-4-3-7-17(11)16(13)14/h8-10H,3-7H2,1-2H3. The van der Waals surface area contributed by atoms with Gasteiger partial charge in [0.2, 0.25) is 0 Å². The van der Waals surface area contributed by atoms with Gasteiger partial charge in [-0.25, -0.2) is 0 Å². The lowest BCUT2D eigenvalue weighted by molar-refractivity contribution is -0.140. The smallest absolute Gasteiger partial charge is 0.305 e. The zero-order valence-corrected chi connectivity index (χ0v) is 11.5. The molecule has 0 aliphatic carbocycles. The summed E-state index contributed by atoms with van der Waals surface area (Å²) in [6.07, 6.45) is 3.57.